The van der Waals surface area contributed by atoms with Crippen LogP contribution in [0.1, 0.15) is 52.3 Å². The summed E-state index contributed by atoms with van der Waals surface area (Å²) in [6.07, 6.45) is 3.57. The molecule has 0 saturated heterocycles. The monoisotopic (exact) mass is 221 g/mol. The molecule has 1 aromatic heterocycles. The van der Waals surface area contributed by atoms with E-state index < -0.39 is 5.60 Å². The number of rotatable bonds is 3. The molecule has 0 fully saturated rings. The van der Waals surface area contributed by atoms with Gasteiger partial charge in [-0.05, 0) is 38.3 Å². The molecule has 2 heteroatoms. The molecule has 0 saturated carbocycles. The highest BCUT2D eigenvalue weighted by Crippen LogP contribution is 2.20. The molecule has 0 aliphatic carbocycles. The lowest BCUT2D eigenvalue weighted by molar-refractivity contribution is 0.0714. The van der Waals surface area contributed by atoms with Gasteiger partial charge in [-0.3, -0.25) is 4.98 Å². The molecule has 0 aliphatic rings. The first-order valence-corrected chi connectivity index (χ1v) is 5.86. The molecule has 0 atom stereocenters. The lowest BCUT2D eigenvalue weighted by atomic mass is 9.91. The predicted molar refractivity (Wildman–Crippen MR) is 67.6 cm³/mol. The smallest absolute Gasteiger partial charge is 0.0594 e. The van der Waals surface area contributed by atoms with Crippen LogP contribution < -0.4 is 0 Å². The van der Waals surface area contributed by atoms with E-state index in [1.54, 1.807) is 0 Å². The molecular formula is C14H23NO. The fourth-order valence-electron chi connectivity index (χ4n) is 1.47. The Morgan fingerprint density at radius 2 is 1.75 bits per heavy atom. The molecule has 1 N–H and O–H groups in total. The normalized spacial score (nSPS) is 12.9. The number of nitrogens with zero attached hydrogens (tertiary/aromatic N) is 1. The van der Waals surface area contributed by atoms with Crippen LogP contribution in [-0.4, -0.2) is 15.7 Å². The van der Waals surface area contributed by atoms with Gasteiger partial charge >= 0.3 is 0 Å². The van der Waals surface area contributed by atoms with Crippen LogP contribution in [0.25, 0.3) is 0 Å². The SMILES string of the molecule is CC(C)(O)CCc1ccc(C(C)(C)C)nc1. The molecule has 0 amide bonds. The van der Waals surface area contributed by atoms with Gasteiger partial charge in [0.2, 0.25) is 0 Å². The van der Waals surface area contributed by atoms with Crippen molar-refractivity contribution in [2.45, 2.75) is 58.5 Å². The highest BCUT2D eigenvalue weighted by molar-refractivity contribution is 5.19. The van der Waals surface area contributed by atoms with Gasteiger partial charge in [0.25, 0.3) is 0 Å². The summed E-state index contributed by atoms with van der Waals surface area (Å²) in [7, 11) is 0. The van der Waals surface area contributed by atoms with Gasteiger partial charge in [0.05, 0.1) is 5.60 Å². The fourth-order valence-corrected chi connectivity index (χ4v) is 1.47. The molecule has 1 rings (SSSR count). The molecule has 0 aromatic carbocycles. The van der Waals surface area contributed by atoms with E-state index in [2.05, 4.69) is 37.9 Å². The Kier molecular flexibility index (Phi) is 3.74. The zero-order valence-corrected chi connectivity index (χ0v) is 11.0. The third-order valence-corrected chi connectivity index (χ3v) is 2.62. The van der Waals surface area contributed by atoms with Crippen LogP contribution in [0.2, 0.25) is 0 Å². The van der Waals surface area contributed by atoms with E-state index in [4.69, 9.17) is 0 Å². The maximum absolute atomic E-state index is 9.64. The number of aliphatic hydroxyl groups is 1. The lowest BCUT2D eigenvalue weighted by Crippen LogP contribution is -2.19. The predicted octanol–water partition coefficient (Wildman–Crippen LogP) is 3.08. The highest BCUT2D eigenvalue weighted by Gasteiger charge is 2.15. The molecule has 0 radical (unpaired) electrons. The van der Waals surface area contributed by atoms with Gasteiger partial charge in [0.15, 0.2) is 0 Å². The third-order valence-electron chi connectivity index (χ3n) is 2.62. The van der Waals surface area contributed by atoms with Crippen molar-refractivity contribution in [1.82, 2.24) is 4.98 Å². The molecule has 0 bridgehead atoms. The Hall–Kier alpha value is -0.890. The van der Waals surface area contributed by atoms with E-state index in [1.165, 1.54) is 5.56 Å². The van der Waals surface area contributed by atoms with Gasteiger partial charge in [-0.1, -0.05) is 26.8 Å². The molecule has 0 spiro atoms. The standard InChI is InChI=1S/C14H23NO/c1-13(2,3)12-7-6-11(10-15-12)8-9-14(4,5)16/h6-7,10,16H,8-9H2,1-5H3. The zero-order valence-electron chi connectivity index (χ0n) is 11.0. The molecule has 0 aliphatic heterocycles. The first kappa shape index (κ1) is 13.2. The Bertz CT molecular complexity index is 327. The summed E-state index contributed by atoms with van der Waals surface area (Å²) in [5.41, 5.74) is 1.81. The van der Waals surface area contributed by atoms with Crippen molar-refractivity contribution in [3.05, 3.63) is 29.6 Å². The second-order valence-electron chi connectivity index (χ2n) is 6.11. The van der Waals surface area contributed by atoms with Gasteiger partial charge in [-0.25, -0.2) is 0 Å². The van der Waals surface area contributed by atoms with Gasteiger partial charge < -0.3 is 5.11 Å². The molecule has 0 unspecified atom stereocenters. The lowest BCUT2D eigenvalue weighted by Gasteiger charge is -2.19. The number of aromatic nitrogens is 1. The molecule has 16 heavy (non-hydrogen) atoms. The van der Waals surface area contributed by atoms with Crippen LogP contribution >= 0.6 is 0 Å². The van der Waals surface area contributed by atoms with Crippen LogP contribution in [0, 0.1) is 0 Å². The molecule has 2 nitrogen and oxygen atoms in total. The van der Waals surface area contributed by atoms with Crippen molar-refractivity contribution >= 4 is 0 Å². The second-order valence-corrected chi connectivity index (χ2v) is 6.11. The van der Waals surface area contributed by atoms with Crippen molar-refractivity contribution < 1.29 is 5.11 Å². The van der Waals surface area contributed by atoms with Crippen LogP contribution in [-0.2, 0) is 11.8 Å². The zero-order chi connectivity index (χ0) is 12.4. The summed E-state index contributed by atoms with van der Waals surface area (Å²) in [6.45, 7) is 10.2. The minimum atomic E-state index is -0.595. The van der Waals surface area contributed by atoms with Gasteiger partial charge in [0.1, 0.15) is 0 Å². The maximum atomic E-state index is 9.64. The van der Waals surface area contributed by atoms with Crippen molar-refractivity contribution in [2.24, 2.45) is 0 Å². The third kappa shape index (κ3) is 4.31. The Morgan fingerprint density at radius 3 is 2.12 bits per heavy atom. The topological polar surface area (TPSA) is 33.1 Å². The van der Waals surface area contributed by atoms with Gasteiger partial charge in [-0.15, -0.1) is 0 Å². The van der Waals surface area contributed by atoms with Crippen molar-refractivity contribution in [2.75, 3.05) is 0 Å². The van der Waals surface area contributed by atoms with Crippen molar-refractivity contribution in [3.8, 4) is 0 Å². The number of aryl methyl sites for hydroxylation is 1. The average Bonchev–Trinajstić information content (AvgIpc) is 2.13. The van der Waals surface area contributed by atoms with Crippen LogP contribution in [0.4, 0.5) is 0 Å². The van der Waals surface area contributed by atoms with Gasteiger partial charge in [-0.2, -0.15) is 0 Å². The van der Waals surface area contributed by atoms with Crippen molar-refractivity contribution in [1.29, 1.82) is 0 Å². The number of hydrogen-bond acceptors (Lipinski definition) is 2. The number of pyridine rings is 1. The van der Waals surface area contributed by atoms with Crippen molar-refractivity contribution in [3.63, 3.8) is 0 Å². The largest absolute Gasteiger partial charge is 0.390 e. The quantitative estimate of drug-likeness (QED) is 0.851. The summed E-state index contributed by atoms with van der Waals surface area (Å²) in [5, 5.41) is 9.64. The Morgan fingerprint density at radius 1 is 1.12 bits per heavy atom. The van der Waals surface area contributed by atoms with E-state index in [-0.39, 0.29) is 5.41 Å². The minimum Gasteiger partial charge on any atom is -0.390 e. The maximum Gasteiger partial charge on any atom is 0.0594 e. The van der Waals surface area contributed by atoms with Crippen LogP contribution in [0.3, 0.4) is 0 Å². The summed E-state index contributed by atoms with van der Waals surface area (Å²) in [5.74, 6) is 0. The fraction of sp³-hybridized carbons (Fsp3) is 0.643. The van der Waals surface area contributed by atoms with Crippen LogP contribution in [0.15, 0.2) is 18.3 Å². The molecule has 1 aromatic rings. The summed E-state index contributed by atoms with van der Waals surface area (Å²) in [4.78, 5) is 4.47. The number of hydrogen-bond donors (Lipinski definition) is 1. The van der Waals surface area contributed by atoms with E-state index >= 15 is 0 Å². The first-order valence-electron chi connectivity index (χ1n) is 5.86. The Labute approximate surface area is 98.7 Å². The van der Waals surface area contributed by atoms with E-state index in [1.807, 2.05) is 20.0 Å². The summed E-state index contributed by atoms with van der Waals surface area (Å²) in [6, 6.07) is 4.19. The average molecular weight is 221 g/mol. The summed E-state index contributed by atoms with van der Waals surface area (Å²) < 4.78 is 0. The minimum absolute atomic E-state index is 0.106. The summed E-state index contributed by atoms with van der Waals surface area (Å²) >= 11 is 0. The van der Waals surface area contributed by atoms with E-state index in [0.717, 1.165) is 18.5 Å². The molecular weight excluding hydrogens is 198 g/mol. The first-order chi connectivity index (χ1) is 7.18. The van der Waals surface area contributed by atoms with E-state index in [9.17, 15) is 5.11 Å². The van der Waals surface area contributed by atoms with Crippen LogP contribution in [0.5, 0.6) is 0 Å². The highest BCUT2D eigenvalue weighted by atomic mass is 16.3. The molecule has 90 valence electrons. The van der Waals surface area contributed by atoms with Gasteiger partial charge in [0, 0.05) is 17.3 Å². The molecule has 1 heterocycles. The second kappa shape index (κ2) is 4.54. The Balaban J connectivity index is 2.66. The van der Waals surface area contributed by atoms with E-state index in [0.29, 0.717) is 0 Å².